The topological polar surface area (TPSA) is 229 Å². The molecule has 2 aliphatic heterocycles. The average molecular weight is 994 g/mol. The van der Waals surface area contributed by atoms with Gasteiger partial charge in [-0.3, -0.25) is 28.9 Å². The van der Waals surface area contributed by atoms with Crippen LogP contribution in [0.2, 0.25) is 0 Å². The number of nitrogens with zero attached hydrogens (tertiary/aromatic N) is 4. The largest absolute Gasteiger partial charge is 0.391 e. The van der Waals surface area contributed by atoms with Gasteiger partial charge in [-0.25, -0.2) is 9.97 Å². The number of aliphatic hydroxyl groups is 1. The number of benzene rings is 3. The smallest absolute Gasteiger partial charge is 0.255 e. The zero-order valence-electron chi connectivity index (χ0n) is 41.3. The number of nitrogens with one attached hydrogen (secondary N) is 5. The number of β-amino-alcohol motifs (C(OH)–C–C–N with tert-alkyl or cyclic N) is 1. The third-order valence-electron chi connectivity index (χ3n) is 12.7. The van der Waals surface area contributed by atoms with Gasteiger partial charge in [0.2, 0.25) is 17.7 Å². The number of aliphatic hydroxyl groups excluding tert-OH is 1. The maximum absolute atomic E-state index is 13.9. The summed E-state index contributed by atoms with van der Waals surface area (Å²) in [6.45, 7) is 13.6. The van der Waals surface area contributed by atoms with E-state index < -0.39 is 29.5 Å². The first-order chi connectivity index (χ1) is 34.1. The van der Waals surface area contributed by atoms with Gasteiger partial charge in [-0.05, 0) is 92.2 Å². The van der Waals surface area contributed by atoms with Crippen molar-refractivity contribution in [3.8, 4) is 10.4 Å². The molecule has 71 heavy (non-hydrogen) atoms. The fraction of sp³-hybridized carbons (Fsp3) is 0.481. The van der Waals surface area contributed by atoms with E-state index in [1.54, 1.807) is 35.6 Å². The van der Waals surface area contributed by atoms with Gasteiger partial charge in [-0.15, -0.1) is 11.3 Å². The number of hydrogen-bond donors (Lipinski definition) is 6. The van der Waals surface area contributed by atoms with Crippen molar-refractivity contribution in [3.05, 3.63) is 100 Å². The van der Waals surface area contributed by atoms with Crippen LogP contribution in [-0.2, 0) is 41.7 Å². The fourth-order valence-electron chi connectivity index (χ4n) is 8.67. The second kappa shape index (κ2) is 24.8. The Hall–Kier alpha value is -6.09. The van der Waals surface area contributed by atoms with Crippen molar-refractivity contribution in [1.82, 2.24) is 40.7 Å². The Morgan fingerprint density at radius 2 is 1.58 bits per heavy atom. The van der Waals surface area contributed by atoms with Crippen LogP contribution in [-0.4, -0.2) is 143 Å². The Morgan fingerprint density at radius 1 is 0.887 bits per heavy atom. The SMILES string of the molecule is Cc1ncsc1-c1ccc(CNC(=O)[C@@H]2C[C@@H](O)CN2C(=O)[C@@H](NC(=O)CCOCCOCCOCCNC(=O)c2ccc(C(=O)Nc3ccc4nc(CN5CCC[C@@H]5C)[nH]c4c3)cc2)C(C)(C)C)cc1. The molecule has 2 aromatic heterocycles. The highest BCUT2D eigenvalue weighted by Crippen LogP contribution is 2.29. The average Bonchev–Trinajstić information content (AvgIpc) is 4.17. The number of aromatic amines is 1. The number of hydrogen-bond acceptors (Lipinski definition) is 13. The molecule has 5 aromatic rings. The Balaban J connectivity index is 0.728. The molecule has 4 heterocycles. The number of anilines is 1. The minimum absolute atomic E-state index is 0.00562. The van der Waals surface area contributed by atoms with Gasteiger partial charge in [0.15, 0.2) is 0 Å². The maximum Gasteiger partial charge on any atom is 0.255 e. The lowest BCUT2D eigenvalue weighted by Crippen LogP contribution is -2.57. The minimum Gasteiger partial charge on any atom is -0.391 e. The molecule has 4 atom stereocenters. The quantitative estimate of drug-likeness (QED) is 0.0464. The lowest BCUT2D eigenvalue weighted by molar-refractivity contribution is -0.144. The molecule has 0 saturated carbocycles. The molecule has 0 spiro atoms. The summed E-state index contributed by atoms with van der Waals surface area (Å²) in [6.07, 6.45) is 1.63. The Morgan fingerprint density at radius 3 is 2.24 bits per heavy atom. The summed E-state index contributed by atoms with van der Waals surface area (Å²) in [5.74, 6) is -0.855. The Bertz CT molecular complexity index is 2600. The van der Waals surface area contributed by atoms with Crippen molar-refractivity contribution in [1.29, 1.82) is 0 Å². The summed E-state index contributed by atoms with van der Waals surface area (Å²) in [5, 5.41) is 22.1. The minimum atomic E-state index is -0.944. The van der Waals surface area contributed by atoms with Crippen LogP contribution < -0.4 is 21.3 Å². The number of H-pyrrole nitrogens is 1. The summed E-state index contributed by atoms with van der Waals surface area (Å²) in [7, 11) is 0. The molecular formula is C52H67N9O9S. The number of aryl methyl sites for hydroxylation is 1. The van der Waals surface area contributed by atoms with Gasteiger partial charge in [-0.2, -0.15) is 0 Å². The van der Waals surface area contributed by atoms with E-state index in [0.717, 1.165) is 51.6 Å². The van der Waals surface area contributed by atoms with Crippen molar-refractivity contribution in [2.75, 3.05) is 64.6 Å². The summed E-state index contributed by atoms with van der Waals surface area (Å²) < 4.78 is 16.7. The summed E-state index contributed by atoms with van der Waals surface area (Å²) in [6, 6.07) is 18.6. The van der Waals surface area contributed by atoms with Crippen LogP contribution in [0.25, 0.3) is 21.5 Å². The first-order valence-electron chi connectivity index (χ1n) is 24.3. The van der Waals surface area contributed by atoms with Gasteiger partial charge in [0.05, 0.1) is 79.4 Å². The number of likely N-dealkylation sites (tertiary alicyclic amines) is 2. The van der Waals surface area contributed by atoms with E-state index >= 15 is 0 Å². The van der Waals surface area contributed by atoms with Crippen LogP contribution in [0.1, 0.15) is 91.2 Å². The highest BCUT2D eigenvalue weighted by molar-refractivity contribution is 7.13. The molecule has 380 valence electrons. The van der Waals surface area contributed by atoms with Crippen LogP contribution in [0.5, 0.6) is 0 Å². The fourth-order valence-corrected chi connectivity index (χ4v) is 9.48. The second-order valence-corrected chi connectivity index (χ2v) is 20.1. The number of amides is 5. The number of aromatic nitrogens is 3. The van der Waals surface area contributed by atoms with E-state index in [-0.39, 0.29) is 82.5 Å². The lowest BCUT2D eigenvalue weighted by Gasteiger charge is -2.35. The van der Waals surface area contributed by atoms with Crippen molar-refractivity contribution in [3.63, 3.8) is 0 Å². The van der Waals surface area contributed by atoms with Gasteiger partial charge < -0.3 is 50.5 Å². The molecular weight excluding hydrogens is 927 g/mol. The molecule has 5 amide bonds. The van der Waals surface area contributed by atoms with Crippen LogP contribution in [0.4, 0.5) is 5.69 Å². The maximum atomic E-state index is 13.9. The van der Waals surface area contributed by atoms with Crippen LogP contribution in [0.15, 0.2) is 72.2 Å². The van der Waals surface area contributed by atoms with Crippen LogP contribution in [0, 0.1) is 12.3 Å². The Kier molecular flexibility index (Phi) is 18.4. The van der Waals surface area contributed by atoms with E-state index in [1.165, 1.54) is 17.7 Å². The van der Waals surface area contributed by atoms with E-state index in [9.17, 15) is 29.1 Å². The first-order valence-corrected chi connectivity index (χ1v) is 25.2. The van der Waals surface area contributed by atoms with Crippen molar-refractivity contribution < 1.29 is 43.3 Å². The third-order valence-corrected chi connectivity index (χ3v) is 13.7. The monoisotopic (exact) mass is 993 g/mol. The predicted octanol–water partition coefficient (Wildman–Crippen LogP) is 5.21. The number of imidazole rings is 1. The van der Waals surface area contributed by atoms with Gasteiger partial charge in [0.1, 0.15) is 17.9 Å². The zero-order chi connectivity index (χ0) is 50.5. The molecule has 2 saturated heterocycles. The van der Waals surface area contributed by atoms with Crippen LogP contribution >= 0.6 is 11.3 Å². The number of ether oxygens (including phenoxy) is 3. The van der Waals surface area contributed by atoms with Crippen molar-refractivity contribution >= 4 is 57.6 Å². The van der Waals surface area contributed by atoms with E-state index in [4.69, 9.17) is 19.2 Å². The number of carbonyl (C=O) groups is 5. The first kappa shape index (κ1) is 52.7. The van der Waals surface area contributed by atoms with Gasteiger partial charge in [0, 0.05) is 55.3 Å². The summed E-state index contributed by atoms with van der Waals surface area (Å²) >= 11 is 1.57. The molecule has 2 fully saturated rings. The second-order valence-electron chi connectivity index (χ2n) is 19.2. The molecule has 6 N–H and O–H groups in total. The highest BCUT2D eigenvalue weighted by atomic mass is 32.1. The standard InChI is InChI=1S/C52H67N9O9S/c1-33-7-6-20-60(33)31-44-57-41-17-16-39(27-42(41)58-44)56-49(65)38-14-12-37(13-15-38)48(64)53-19-22-69-24-26-70-25-23-68-21-18-45(63)59-47(52(3,4)5)51(67)61-30-40(62)28-43(61)50(66)54-29-35-8-10-36(11-9-35)46-34(2)55-32-71-46/h8-17,27,32-33,40,43,47,62H,6-7,18-26,28-31H2,1-5H3,(H,53,64)(H,54,66)(H,56,65)(H,57,58)(H,59,63)/t33-,40+,43-,47+/m0/s1. The molecule has 2 aliphatic rings. The number of carbonyl (C=O) groups excluding carboxylic acids is 5. The molecule has 3 aromatic carbocycles. The van der Waals surface area contributed by atoms with Crippen molar-refractivity contribution in [2.24, 2.45) is 5.41 Å². The Labute approximate surface area is 418 Å². The number of rotatable bonds is 23. The zero-order valence-corrected chi connectivity index (χ0v) is 42.1. The molecule has 18 nitrogen and oxygen atoms in total. The van der Waals surface area contributed by atoms with Gasteiger partial charge in [-0.1, -0.05) is 45.0 Å². The third kappa shape index (κ3) is 14.7. The molecule has 0 aliphatic carbocycles. The number of fused-ring (bicyclic) bond motifs is 1. The summed E-state index contributed by atoms with van der Waals surface area (Å²) in [4.78, 5) is 83.4. The van der Waals surface area contributed by atoms with E-state index in [2.05, 4.69) is 43.1 Å². The molecule has 0 bridgehead atoms. The van der Waals surface area contributed by atoms with E-state index in [1.807, 2.05) is 75.7 Å². The number of thiazole rings is 1. The molecule has 0 radical (unpaired) electrons. The van der Waals surface area contributed by atoms with Crippen LogP contribution in [0.3, 0.4) is 0 Å². The summed E-state index contributed by atoms with van der Waals surface area (Å²) in [5.41, 5.74) is 7.20. The molecule has 19 heteroatoms. The van der Waals surface area contributed by atoms with Crippen molar-refractivity contribution in [2.45, 2.75) is 97.6 Å². The normalized spacial score (nSPS) is 17.6. The molecule has 7 rings (SSSR count). The van der Waals surface area contributed by atoms with E-state index in [0.29, 0.717) is 36.1 Å². The molecule has 0 unspecified atom stereocenters. The highest BCUT2D eigenvalue weighted by Gasteiger charge is 2.44. The lowest BCUT2D eigenvalue weighted by atomic mass is 9.85. The predicted molar refractivity (Wildman–Crippen MR) is 271 cm³/mol. The van der Waals surface area contributed by atoms with Gasteiger partial charge in [0.25, 0.3) is 11.8 Å². The van der Waals surface area contributed by atoms with Gasteiger partial charge >= 0.3 is 0 Å².